The van der Waals surface area contributed by atoms with Gasteiger partial charge in [0.15, 0.2) is 0 Å². The van der Waals surface area contributed by atoms with Gasteiger partial charge in [-0.25, -0.2) is 4.79 Å². The second-order valence-electron chi connectivity index (χ2n) is 10.1. The van der Waals surface area contributed by atoms with Crippen molar-refractivity contribution in [1.29, 1.82) is 0 Å². The van der Waals surface area contributed by atoms with Crippen molar-refractivity contribution >= 4 is 27.7 Å². The summed E-state index contributed by atoms with van der Waals surface area (Å²) in [6.07, 6.45) is 4.90. The van der Waals surface area contributed by atoms with Crippen molar-refractivity contribution in [2.45, 2.75) is 71.8 Å². The zero-order valence-electron chi connectivity index (χ0n) is 18.1. The Morgan fingerprint density at radius 3 is 2.29 bits per heavy atom. The summed E-state index contributed by atoms with van der Waals surface area (Å²) in [6.45, 7) is 13.7. The van der Waals surface area contributed by atoms with Gasteiger partial charge in [-0.2, -0.15) is 0 Å². The van der Waals surface area contributed by atoms with E-state index in [9.17, 15) is 4.79 Å². The highest BCUT2D eigenvalue weighted by Crippen LogP contribution is 2.45. The molecule has 2 fully saturated rings. The zero-order valence-corrected chi connectivity index (χ0v) is 19.6. The molecule has 0 radical (unpaired) electrons. The van der Waals surface area contributed by atoms with Crippen molar-refractivity contribution in [3.63, 3.8) is 0 Å². The average Bonchev–Trinajstić information content (AvgIpc) is 2.60. The number of ether oxygens (including phenoxy) is 1. The number of carbonyl (C=O) groups excluding carboxylic acids is 1. The minimum absolute atomic E-state index is 0.197. The smallest absolute Gasteiger partial charge is 0.410 e. The fourth-order valence-electron chi connectivity index (χ4n) is 4.31. The third kappa shape index (κ3) is 5.43. The monoisotopic (exact) mass is 450 g/mol. The van der Waals surface area contributed by atoms with E-state index in [0.717, 1.165) is 17.6 Å². The van der Waals surface area contributed by atoms with Crippen molar-refractivity contribution in [2.24, 2.45) is 5.41 Å². The molecule has 5 heteroatoms. The van der Waals surface area contributed by atoms with Crippen LogP contribution in [0.25, 0.3) is 0 Å². The van der Waals surface area contributed by atoms with Crippen molar-refractivity contribution in [2.75, 3.05) is 31.1 Å². The number of benzene rings is 1. The van der Waals surface area contributed by atoms with Crippen molar-refractivity contribution in [1.82, 2.24) is 4.90 Å². The molecule has 1 aromatic rings. The van der Waals surface area contributed by atoms with Crippen LogP contribution in [0.5, 0.6) is 0 Å². The number of hydrogen-bond donors (Lipinski definition) is 0. The minimum Gasteiger partial charge on any atom is -0.444 e. The highest BCUT2D eigenvalue weighted by atomic mass is 79.9. The van der Waals surface area contributed by atoms with Gasteiger partial charge in [0.1, 0.15) is 5.60 Å². The third-order valence-corrected chi connectivity index (χ3v) is 6.53. The molecule has 1 amide bonds. The zero-order chi connectivity index (χ0) is 20.5. The molecule has 3 rings (SSSR count). The SMILES string of the molecule is CC1(C)CCC(c2cc(Br)ccc2N2CCN(C(=O)OC(C)(C)C)CC2)CC1. The third-order valence-electron chi connectivity index (χ3n) is 6.04. The normalized spacial score (nSPS) is 20.9. The van der Waals surface area contributed by atoms with E-state index in [2.05, 4.69) is 52.9 Å². The minimum atomic E-state index is -0.443. The first-order chi connectivity index (χ1) is 13.0. The summed E-state index contributed by atoms with van der Waals surface area (Å²) in [5.41, 5.74) is 2.84. The van der Waals surface area contributed by atoms with E-state index in [4.69, 9.17) is 4.74 Å². The molecular formula is C23H35BrN2O2. The fourth-order valence-corrected chi connectivity index (χ4v) is 4.69. The molecule has 1 saturated carbocycles. The van der Waals surface area contributed by atoms with Gasteiger partial charge < -0.3 is 14.5 Å². The lowest BCUT2D eigenvalue weighted by Gasteiger charge is -2.40. The highest BCUT2D eigenvalue weighted by molar-refractivity contribution is 9.10. The Hall–Kier alpha value is -1.23. The van der Waals surface area contributed by atoms with E-state index >= 15 is 0 Å². The predicted molar refractivity (Wildman–Crippen MR) is 119 cm³/mol. The van der Waals surface area contributed by atoms with E-state index in [0.29, 0.717) is 24.4 Å². The second kappa shape index (κ2) is 8.25. The second-order valence-corrected chi connectivity index (χ2v) is 11.0. The van der Waals surface area contributed by atoms with Gasteiger partial charge in [0.2, 0.25) is 0 Å². The molecule has 1 aliphatic carbocycles. The van der Waals surface area contributed by atoms with Crippen LogP contribution in [0, 0.1) is 5.41 Å². The van der Waals surface area contributed by atoms with Crippen molar-refractivity contribution in [3.8, 4) is 0 Å². The number of nitrogens with zero attached hydrogens (tertiary/aromatic N) is 2. The number of piperazine rings is 1. The maximum absolute atomic E-state index is 12.4. The van der Waals surface area contributed by atoms with Crippen LogP contribution < -0.4 is 4.90 Å². The van der Waals surface area contributed by atoms with E-state index in [1.807, 2.05) is 25.7 Å². The lowest BCUT2D eigenvalue weighted by molar-refractivity contribution is 0.0240. The Labute approximate surface area is 178 Å². The molecule has 0 atom stereocenters. The average molecular weight is 451 g/mol. The Bertz CT molecular complexity index is 693. The summed E-state index contributed by atoms with van der Waals surface area (Å²) >= 11 is 3.68. The number of rotatable bonds is 2. The van der Waals surface area contributed by atoms with Crippen LogP contribution in [-0.4, -0.2) is 42.8 Å². The molecule has 2 aliphatic rings. The van der Waals surface area contributed by atoms with E-state index < -0.39 is 5.60 Å². The first kappa shape index (κ1) is 21.5. The summed E-state index contributed by atoms with van der Waals surface area (Å²) in [4.78, 5) is 16.6. The Morgan fingerprint density at radius 1 is 1.11 bits per heavy atom. The van der Waals surface area contributed by atoms with E-state index in [1.54, 1.807) is 0 Å². The van der Waals surface area contributed by atoms with Crippen LogP contribution in [-0.2, 0) is 4.74 Å². The lowest BCUT2D eigenvalue weighted by Crippen LogP contribution is -2.50. The summed E-state index contributed by atoms with van der Waals surface area (Å²) in [6, 6.07) is 6.71. The van der Waals surface area contributed by atoms with Crippen LogP contribution >= 0.6 is 15.9 Å². The standard InChI is InChI=1S/C23H35BrN2O2/c1-22(2,3)28-21(27)26-14-12-25(13-15-26)20-7-6-18(24)16-19(20)17-8-10-23(4,5)11-9-17/h6-7,16-17H,8-15H2,1-5H3. The number of anilines is 1. The maximum atomic E-state index is 12.4. The Balaban J connectivity index is 1.69. The van der Waals surface area contributed by atoms with Crippen LogP contribution in [0.2, 0.25) is 0 Å². The van der Waals surface area contributed by atoms with E-state index in [-0.39, 0.29) is 6.09 Å². The first-order valence-corrected chi connectivity index (χ1v) is 11.4. The first-order valence-electron chi connectivity index (χ1n) is 10.6. The van der Waals surface area contributed by atoms with Gasteiger partial charge in [-0.3, -0.25) is 0 Å². The predicted octanol–water partition coefficient (Wildman–Crippen LogP) is 6.19. The van der Waals surface area contributed by atoms with Gasteiger partial charge in [-0.1, -0.05) is 29.8 Å². The largest absolute Gasteiger partial charge is 0.444 e. The summed E-state index contributed by atoms with van der Waals surface area (Å²) < 4.78 is 6.69. The molecule has 4 nitrogen and oxygen atoms in total. The van der Waals surface area contributed by atoms with Crippen LogP contribution in [0.3, 0.4) is 0 Å². The highest BCUT2D eigenvalue weighted by Gasteiger charge is 2.31. The van der Waals surface area contributed by atoms with Gasteiger partial charge in [0, 0.05) is 36.3 Å². The van der Waals surface area contributed by atoms with E-state index in [1.165, 1.54) is 36.9 Å². The Kier molecular flexibility index (Phi) is 6.33. The van der Waals surface area contributed by atoms with Crippen molar-refractivity contribution < 1.29 is 9.53 Å². The van der Waals surface area contributed by atoms with Crippen LogP contribution in [0.1, 0.15) is 71.8 Å². The number of amides is 1. The maximum Gasteiger partial charge on any atom is 0.410 e. The molecule has 1 saturated heterocycles. The fraction of sp³-hybridized carbons (Fsp3) is 0.696. The molecule has 0 bridgehead atoms. The van der Waals surface area contributed by atoms with Gasteiger partial charge >= 0.3 is 6.09 Å². The number of halogens is 1. The lowest BCUT2D eigenvalue weighted by atomic mass is 9.71. The van der Waals surface area contributed by atoms with Crippen LogP contribution in [0.15, 0.2) is 22.7 Å². The van der Waals surface area contributed by atoms with Crippen LogP contribution in [0.4, 0.5) is 10.5 Å². The summed E-state index contributed by atoms with van der Waals surface area (Å²) in [5.74, 6) is 0.629. The topological polar surface area (TPSA) is 32.8 Å². The summed E-state index contributed by atoms with van der Waals surface area (Å²) in [7, 11) is 0. The molecule has 1 aliphatic heterocycles. The molecule has 156 valence electrons. The molecule has 0 N–H and O–H groups in total. The molecule has 0 aromatic heterocycles. The number of hydrogen-bond acceptors (Lipinski definition) is 3. The molecule has 0 spiro atoms. The quantitative estimate of drug-likeness (QED) is 0.538. The molecule has 28 heavy (non-hydrogen) atoms. The number of carbonyl (C=O) groups is 1. The van der Waals surface area contributed by atoms with Crippen molar-refractivity contribution in [3.05, 3.63) is 28.2 Å². The van der Waals surface area contributed by atoms with Gasteiger partial charge in [-0.05, 0) is 81.5 Å². The molecular weight excluding hydrogens is 416 g/mol. The van der Waals surface area contributed by atoms with Gasteiger partial charge in [0.05, 0.1) is 0 Å². The molecule has 1 heterocycles. The van der Waals surface area contributed by atoms with Gasteiger partial charge in [-0.15, -0.1) is 0 Å². The molecule has 1 aromatic carbocycles. The van der Waals surface area contributed by atoms with Gasteiger partial charge in [0.25, 0.3) is 0 Å². The molecule has 0 unspecified atom stereocenters. The Morgan fingerprint density at radius 2 is 1.71 bits per heavy atom. The summed E-state index contributed by atoms with van der Waals surface area (Å²) in [5, 5.41) is 0.